The molecule has 1 aliphatic carbocycles. The molecule has 1 fully saturated rings. The minimum atomic E-state index is -0.119. The summed E-state index contributed by atoms with van der Waals surface area (Å²) >= 11 is 0. The number of carbonyl (C=O) groups is 1. The van der Waals surface area contributed by atoms with Gasteiger partial charge >= 0.3 is 0 Å². The number of hydrogen-bond donors (Lipinski definition) is 0. The van der Waals surface area contributed by atoms with E-state index in [9.17, 15) is 4.79 Å². The molecule has 0 bridgehead atoms. The highest BCUT2D eigenvalue weighted by molar-refractivity contribution is 6.01. The predicted molar refractivity (Wildman–Crippen MR) is 36.6 cm³/mol. The van der Waals surface area contributed by atoms with Crippen LogP contribution in [0.3, 0.4) is 0 Å². The highest BCUT2D eigenvalue weighted by Gasteiger charge is 2.50. The quantitative estimate of drug-likeness (QED) is 0.500. The van der Waals surface area contributed by atoms with Gasteiger partial charge in [0.25, 0.3) is 0 Å². The SMILES string of the molecule is C/C=C/C1=CC(=O)C2OC12. The number of ether oxygens (including phenoxy) is 1. The molecule has 2 rings (SSSR count). The van der Waals surface area contributed by atoms with Gasteiger partial charge in [0.1, 0.15) is 6.10 Å². The number of allylic oxidation sites excluding steroid dienone is 1. The van der Waals surface area contributed by atoms with Gasteiger partial charge in [0.15, 0.2) is 11.9 Å². The first-order valence-corrected chi connectivity index (χ1v) is 3.36. The van der Waals surface area contributed by atoms with E-state index in [2.05, 4.69) is 0 Å². The topological polar surface area (TPSA) is 29.6 Å². The Bertz CT molecular complexity index is 238. The van der Waals surface area contributed by atoms with Crippen molar-refractivity contribution in [2.45, 2.75) is 19.1 Å². The van der Waals surface area contributed by atoms with Gasteiger partial charge in [-0.15, -0.1) is 0 Å². The first-order chi connectivity index (χ1) is 4.83. The summed E-state index contributed by atoms with van der Waals surface area (Å²) in [5.41, 5.74) is 1.03. The fraction of sp³-hybridized carbons (Fsp3) is 0.375. The number of hydrogen-bond acceptors (Lipinski definition) is 2. The molecule has 0 aromatic carbocycles. The first-order valence-electron chi connectivity index (χ1n) is 3.36. The van der Waals surface area contributed by atoms with Crippen molar-refractivity contribution in [3.8, 4) is 0 Å². The van der Waals surface area contributed by atoms with Crippen LogP contribution >= 0.6 is 0 Å². The summed E-state index contributed by atoms with van der Waals surface area (Å²) in [4.78, 5) is 10.9. The second kappa shape index (κ2) is 1.80. The number of fused-ring (bicyclic) bond motifs is 1. The van der Waals surface area contributed by atoms with Crippen LogP contribution in [-0.4, -0.2) is 18.0 Å². The smallest absolute Gasteiger partial charge is 0.187 e. The lowest BCUT2D eigenvalue weighted by Gasteiger charge is -1.87. The molecule has 0 aromatic heterocycles. The lowest BCUT2D eigenvalue weighted by Crippen LogP contribution is -1.97. The minimum Gasteiger partial charge on any atom is -0.356 e. The van der Waals surface area contributed by atoms with Gasteiger partial charge in [-0.25, -0.2) is 0 Å². The van der Waals surface area contributed by atoms with Crippen LogP contribution in [0.2, 0.25) is 0 Å². The van der Waals surface area contributed by atoms with E-state index in [1.165, 1.54) is 0 Å². The van der Waals surface area contributed by atoms with E-state index in [0.29, 0.717) is 0 Å². The zero-order valence-electron chi connectivity index (χ0n) is 5.70. The Hall–Kier alpha value is -0.890. The largest absolute Gasteiger partial charge is 0.356 e. The molecule has 2 unspecified atom stereocenters. The molecule has 0 amide bonds. The summed E-state index contributed by atoms with van der Waals surface area (Å²) in [6.07, 6.45) is 5.49. The minimum absolute atomic E-state index is 0.101. The summed E-state index contributed by atoms with van der Waals surface area (Å²) < 4.78 is 5.06. The van der Waals surface area contributed by atoms with Crippen molar-refractivity contribution in [3.05, 3.63) is 23.8 Å². The van der Waals surface area contributed by atoms with Crippen LogP contribution < -0.4 is 0 Å². The summed E-state index contributed by atoms with van der Waals surface area (Å²) in [7, 11) is 0. The second-order valence-electron chi connectivity index (χ2n) is 2.52. The van der Waals surface area contributed by atoms with Crippen molar-refractivity contribution < 1.29 is 9.53 Å². The molecule has 0 saturated carbocycles. The van der Waals surface area contributed by atoms with Crippen LogP contribution in [0.5, 0.6) is 0 Å². The van der Waals surface area contributed by atoms with E-state index in [1.807, 2.05) is 19.1 Å². The predicted octanol–water partition coefficient (Wildman–Crippen LogP) is 0.839. The Kier molecular flexibility index (Phi) is 1.05. The maximum atomic E-state index is 10.9. The van der Waals surface area contributed by atoms with Crippen molar-refractivity contribution in [1.29, 1.82) is 0 Å². The van der Waals surface area contributed by atoms with Crippen molar-refractivity contribution >= 4 is 5.78 Å². The molecule has 2 heteroatoms. The molecule has 52 valence electrons. The summed E-state index contributed by atoms with van der Waals surface area (Å²) in [5.74, 6) is 0.123. The Morgan fingerprint density at radius 3 is 2.80 bits per heavy atom. The maximum absolute atomic E-state index is 10.9. The fourth-order valence-corrected chi connectivity index (χ4v) is 1.25. The molecule has 1 saturated heterocycles. The molecule has 2 aliphatic rings. The summed E-state index contributed by atoms with van der Waals surface area (Å²) in [6.45, 7) is 1.93. The molecular weight excluding hydrogens is 128 g/mol. The third kappa shape index (κ3) is 0.656. The highest BCUT2D eigenvalue weighted by Crippen LogP contribution is 2.36. The Morgan fingerprint density at radius 2 is 2.40 bits per heavy atom. The first kappa shape index (κ1) is 5.86. The molecule has 2 nitrogen and oxygen atoms in total. The fourth-order valence-electron chi connectivity index (χ4n) is 1.25. The van der Waals surface area contributed by atoms with E-state index in [0.717, 1.165) is 5.57 Å². The van der Waals surface area contributed by atoms with E-state index < -0.39 is 0 Å². The van der Waals surface area contributed by atoms with Gasteiger partial charge in [-0.1, -0.05) is 12.2 Å². The Labute approximate surface area is 59.2 Å². The third-order valence-corrected chi connectivity index (χ3v) is 1.77. The number of carbonyl (C=O) groups excluding carboxylic acids is 1. The van der Waals surface area contributed by atoms with Gasteiger partial charge in [0, 0.05) is 0 Å². The molecule has 0 spiro atoms. The average molecular weight is 136 g/mol. The lowest BCUT2D eigenvalue weighted by atomic mass is 10.2. The van der Waals surface area contributed by atoms with E-state index in [4.69, 9.17) is 4.74 Å². The normalized spacial score (nSPS) is 36.5. The monoisotopic (exact) mass is 136 g/mol. The van der Waals surface area contributed by atoms with Gasteiger partial charge in [0.2, 0.25) is 0 Å². The average Bonchev–Trinajstić information content (AvgIpc) is 2.59. The maximum Gasteiger partial charge on any atom is 0.187 e. The standard InChI is InChI=1S/C8H8O2/c1-2-3-5-4-6(9)8-7(5)10-8/h2-4,7-8H,1H3/b3-2+. The van der Waals surface area contributed by atoms with Gasteiger partial charge in [-0.05, 0) is 18.6 Å². The van der Waals surface area contributed by atoms with Crippen LogP contribution in [0.1, 0.15) is 6.92 Å². The second-order valence-corrected chi connectivity index (χ2v) is 2.52. The molecule has 0 radical (unpaired) electrons. The zero-order valence-corrected chi connectivity index (χ0v) is 5.70. The molecule has 0 N–H and O–H groups in total. The van der Waals surface area contributed by atoms with Gasteiger partial charge < -0.3 is 4.74 Å². The zero-order chi connectivity index (χ0) is 7.14. The molecule has 1 aliphatic heterocycles. The molecule has 1 heterocycles. The molecule has 10 heavy (non-hydrogen) atoms. The van der Waals surface area contributed by atoms with Gasteiger partial charge in [-0.2, -0.15) is 0 Å². The van der Waals surface area contributed by atoms with Crippen molar-refractivity contribution in [2.75, 3.05) is 0 Å². The van der Waals surface area contributed by atoms with Crippen LogP contribution in [-0.2, 0) is 9.53 Å². The molecule has 2 atom stereocenters. The molecule has 0 aromatic rings. The Balaban J connectivity index is 2.23. The van der Waals surface area contributed by atoms with Crippen LogP contribution in [0, 0.1) is 0 Å². The molecular formula is C8H8O2. The van der Waals surface area contributed by atoms with Crippen molar-refractivity contribution in [2.24, 2.45) is 0 Å². The van der Waals surface area contributed by atoms with Crippen molar-refractivity contribution in [1.82, 2.24) is 0 Å². The van der Waals surface area contributed by atoms with Crippen LogP contribution in [0.4, 0.5) is 0 Å². The number of ketones is 1. The van der Waals surface area contributed by atoms with Crippen molar-refractivity contribution in [3.63, 3.8) is 0 Å². The lowest BCUT2D eigenvalue weighted by molar-refractivity contribution is -0.115. The number of epoxide rings is 1. The van der Waals surface area contributed by atoms with E-state index in [1.54, 1.807) is 6.08 Å². The Morgan fingerprint density at radius 1 is 1.60 bits per heavy atom. The van der Waals surface area contributed by atoms with Gasteiger partial charge in [-0.3, -0.25) is 4.79 Å². The van der Waals surface area contributed by atoms with Crippen LogP contribution in [0.25, 0.3) is 0 Å². The number of rotatable bonds is 1. The summed E-state index contributed by atoms with van der Waals surface area (Å²) in [6, 6.07) is 0. The highest BCUT2D eigenvalue weighted by atomic mass is 16.6. The van der Waals surface area contributed by atoms with Gasteiger partial charge in [0.05, 0.1) is 0 Å². The third-order valence-electron chi connectivity index (χ3n) is 1.77. The van der Waals surface area contributed by atoms with Crippen LogP contribution in [0.15, 0.2) is 23.8 Å². The summed E-state index contributed by atoms with van der Waals surface area (Å²) in [5, 5.41) is 0. The van der Waals surface area contributed by atoms with E-state index in [-0.39, 0.29) is 18.0 Å². The van der Waals surface area contributed by atoms with E-state index >= 15 is 0 Å².